The number of nitrogen functional groups attached to an aromatic ring is 1. The minimum Gasteiger partial charge on any atom is -0.467 e. The lowest BCUT2D eigenvalue weighted by molar-refractivity contribution is -0.149. The van der Waals surface area contributed by atoms with E-state index in [9.17, 15) is 9.90 Å². The highest BCUT2D eigenvalue weighted by molar-refractivity contribution is 7.99. The summed E-state index contributed by atoms with van der Waals surface area (Å²) in [6, 6.07) is -0.273. The van der Waals surface area contributed by atoms with E-state index in [1.807, 2.05) is 0 Å². The maximum Gasteiger partial charge on any atom is 0.331 e. The smallest absolute Gasteiger partial charge is 0.331 e. The quantitative estimate of drug-likeness (QED) is 0.143. The average Bonchev–Trinajstić information content (AvgIpc) is 3.00. The highest BCUT2D eigenvalue weighted by atomic mass is 35.5. The van der Waals surface area contributed by atoms with Gasteiger partial charge in [-0.05, 0) is 19.3 Å². The second-order valence-electron chi connectivity index (χ2n) is 5.91. The molecular weight excluding hydrogens is 382 g/mol. The SMILES string of the molecule is CCCSc1nc(Cl)c(N)c(N(N)C2CC(OCC(=O)OC)[C@@H](O)C2)n1. The Morgan fingerprint density at radius 3 is 2.85 bits per heavy atom. The summed E-state index contributed by atoms with van der Waals surface area (Å²) in [4.78, 5) is 19.8. The number of anilines is 2. The molecule has 26 heavy (non-hydrogen) atoms. The van der Waals surface area contributed by atoms with E-state index in [1.54, 1.807) is 0 Å². The Labute approximate surface area is 161 Å². The second kappa shape index (κ2) is 9.56. The first-order valence-electron chi connectivity index (χ1n) is 8.23. The number of rotatable bonds is 8. The summed E-state index contributed by atoms with van der Waals surface area (Å²) >= 11 is 7.57. The lowest BCUT2D eigenvalue weighted by atomic mass is 10.2. The highest BCUT2D eigenvalue weighted by Crippen LogP contribution is 2.34. The van der Waals surface area contributed by atoms with Crippen LogP contribution in [0, 0.1) is 0 Å². The van der Waals surface area contributed by atoms with Crippen molar-refractivity contribution >= 4 is 40.8 Å². The first-order valence-corrected chi connectivity index (χ1v) is 9.59. The molecule has 5 N–H and O–H groups in total. The monoisotopic (exact) mass is 405 g/mol. The number of aliphatic hydroxyl groups excluding tert-OH is 1. The van der Waals surface area contributed by atoms with Crippen LogP contribution in [0.3, 0.4) is 0 Å². The third-order valence-corrected chi connectivity index (χ3v) is 5.36. The Morgan fingerprint density at radius 1 is 1.46 bits per heavy atom. The fraction of sp³-hybridized carbons (Fsp3) is 0.667. The molecule has 0 aromatic carbocycles. The molecule has 3 atom stereocenters. The van der Waals surface area contributed by atoms with Gasteiger partial charge in [-0.3, -0.25) is 5.01 Å². The van der Waals surface area contributed by atoms with Gasteiger partial charge in [-0.15, -0.1) is 0 Å². The fourth-order valence-corrected chi connectivity index (χ4v) is 3.54. The molecule has 1 saturated carbocycles. The Hall–Kier alpha value is -1.33. The van der Waals surface area contributed by atoms with Crippen molar-refractivity contribution in [2.75, 3.05) is 30.2 Å². The molecule has 1 fully saturated rings. The maximum atomic E-state index is 11.2. The molecule has 0 saturated heterocycles. The average molecular weight is 406 g/mol. The Morgan fingerprint density at radius 2 is 2.19 bits per heavy atom. The van der Waals surface area contributed by atoms with E-state index in [1.165, 1.54) is 23.9 Å². The zero-order valence-corrected chi connectivity index (χ0v) is 16.3. The predicted octanol–water partition coefficient (Wildman–Crippen LogP) is 0.976. The van der Waals surface area contributed by atoms with Gasteiger partial charge < -0.3 is 20.3 Å². The number of carbonyl (C=O) groups excluding carboxylic acids is 1. The number of ether oxygens (including phenoxy) is 2. The minimum absolute atomic E-state index is 0.140. The molecule has 1 aliphatic rings. The molecule has 0 amide bonds. The maximum absolute atomic E-state index is 11.2. The lowest BCUT2D eigenvalue weighted by Crippen LogP contribution is -2.41. The number of hydrogen-bond acceptors (Lipinski definition) is 10. The van der Waals surface area contributed by atoms with Gasteiger partial charge in [-0.2, -0.15) is 0 Å². The summed E-state index contributed by atoms with van der Waals surface area (Å²) in [5.41, 5.74) is 6.18. The molecule has 0 aliphatic heterocycles. The van der Waals surface area contributed by atoms with Crippen molar-refractivity contribution in [3.05, 3.63) is 5.15 Å². The number of nitrogens with zero attached hydrogens (tertiary/aromatic N) is 3. The van der Waals surface area contributed by atoms with Crippen molar-refractivity contribution in [2.24, 2.45) is 5.84 Å². The predicted molar refractivity (Wildman–Crippen MR) is 99.9 cm³/mol. The van der Waals surface area contributed by atoms with E-state index in [0.717, 1.165) is 12.2 Å². The van der Waals surface area contributed by atoms with Gasteiger partial charge in [-0.25, -0.2) is 20.6 Å². The standard InChI is InChI=1S/C15H24ClN5O4S/c1-3-4-26-15-19-13(16)12(17)14(20-15)21(18)8-5-9(22)10(6-8)25-7-11(23)24-2/h8-10,22H,3-7,17-18H2,1-2H3/t8?,9-,10?/m0/s1. The summed E-state index contributed by atoms with van der Waals surface area (Å²) in [5.74, 6) is 6.86. The van der Waals surface area contributed by atoms with E-state index < -0.39 is 18.2 Å². The van der Waals surface area contributed by atoms with Crippen LogP contribution in [0.2, 0.25) is 5.15 Å². The number of aliphatic hydroxyl groups is 1. The molecule has 0 radical (unpaired) electrons. The third kappa shape index (κ3) is 5.10. The fourth-order valence-electron chi connectivity index (χ4n) is 2.63. The normalized spacial score (nSPS) is 22.4. The van der Waals surface area contributed by atoms with Crippen molar-refractivity contribution in [3.63, 3.8) is 0 Å². The van der Waals surface area contributed by atoms with E-state index in [0.29, 0.717) is 23.8 Å². The number of halogens is 1. The van der Waals surface area contributed by atoms with Gasteiger partial charge in [0.25, 0.3) is 0 Å². The van der Waals surface area contributed by atoms with E-state index >= 15 is 0 Å². The van der Waals surface area contributed by atoms with Crippen LogP contribution in [0.5, 0.6) is 0 Å². The number of thioether (sulfide) groups is 1. The van der Waals surface area contributed by atoms with E-state index in [4.69, 9.17) is 27.9 Å². The first kappa shape index (κ1) is 21.0. The van der Waals surface area contributed by atoms with Crippen LogP contribution < -0.4 is 16.6 Å². The van der Waals surface area contributed by atoms with Gasteiger partial charge in [0.2, 0.25) is 0 Å². The molecular formula is C15H24ClN5O4S. The Balaban J connectivity index is 2.09. The zero-order chi connectivity index (χ0) is 19.3. The van der Waals surface area contributed by atoms with Crippen LogP contribution in [0.25, 0.3) is 0 Å². The third-order valence-electron chi connectivity index (χ3n) is 4.02. The second-order valence-corrected chi connectivity index (χ2v) is 7.33. The number of carbonyl (C=O) groups is 1. The molecule has 1 aliphatic carbocycles. The molecule has 146 valence electrons. The summed E-state index contributed by atoms with van der Waals surface area (Å²) in [6.45, 7) is 1.82. The van der Waals surface area contributed by atoms with Crippen molar-refractivity contribution < 1.29 is 19.4 Å². The molecule has 1 aromatic heterocycles. The summed E-state index contributed by atoms with van der Waals surface area (Å²) in [5, 5.41) is 12.2. The molecule has 1 aromatic rings. The molecule has 2 rings (SSSR count). The van der Waals surface area contributed by atoms with Crippen molar-refractivity contribution in [3.8, 4) is 0 Å². The van der Waals surface area contributed by atoms with Crippen LogP contribution >= 0.6 is 23.4 Å². The number of esters is 1. The number of nitrogens with two attached hydrogens (primary N) is 2. The highest BCUT2D eigenvalue weighted by Gasteiger charge is 2.38. The van der Waals surface area contributed by atoms with Crippen molar-refractivity contribution in [1.29, 1.82) is 0 Å². The van der Waals surface area contributed by atoms with Crippen LogP contribution in [0.4, 0.5) is 11.5 Å². The summed E-state index contributed by atoms with van der Waals surface area (Å²) < 4.78 is 9.95. The molecule has 2 unspecified atom stereocenters. The van der Waals surface area contributed by atoms with Gasteiger partial charge in [0.15, 0.2) is 16.1 Å². The van der Waals surface area contributed by atoms with E-state index in [2.05, 4.69) is 21.6 Å². The molecule has 1 heterocycles. The van der Waals surface area contributed by atoms with Gasteiger partial charge in [0.05, 0.1) is 25.4 Å². The molecule has 9 nitrogen and oxygen atoms in total. The summed E-state index contributed by atoms with van der Waals surface area (Å²) in [7, 11) is 1.27. The molecule has 11 heteroatoms. The van der Waals surface area contributed by atoms with Crippen LogP contribution in [-0.2, 0) is 14.3 Å². The number of hydrazine groups is 1. The van der Waals surface area contributed by atoms with Gasteiger partial charge in [-0.1, -0.05) is 30.3 Å². The van der Waals surface area contributed by atoms with Gasteiger partial charge in [0.1, 0.15) is 12.3 Å². The lowest BCUT2D eigenvalue weighted by Gasteiger charge is -2.26. The van der Waals surface area contributed by atoms with Gasteiger partial charge >= 0.3 is 5.97 Å². The topological polar surface area (TPSA) is 137 Å². The van der Waals surface area contributed by atoms with Crippen LogP contribution in [0.15, 0.2) is 5.16 Å². The first-order chi connectivity index (χ1) is 12.4. The largest absolute Gasteiger partial charge is 0.467 e. The van der Waals surface area contributed by atoms with Gasteiger partial charge in [0, 0.05) is 5.75 Å². The number of aromatic nitrogens is 2. The molecule has 0 bridgehead atoms. The van der Waals surface area contributed by atoms with Crippen LogP contribution in [-0.4, -0.2) is 58.8 Å². The molecule has 0 spiro atoms. The van der Waals surface area contributed by atoms with Crippen LogP contribution in [0.1, 0.15) is 26.2 Å². The van der Waals surface area contributed by atoms with E-state index in [-0.39, 0.29) is 23.5 Å². The minimum atomic E-state index is -0.761. The van der Waals surface area contributed by atoms with Crippen molar-refractivity contribution in [1.82, 2.24) is 9.97 Å². The Kier molecular flexibility index (Phi) is 7.71. The summed E-state index contributed by atoms with van der Waals surface area (Å²) in [6.07, 6.45) is 0.431. The zero-order valence-electron chi connectivity index (χ0n) is 14.7. The Bertz CT molecular complexity index is 638. The van der Waals surface area contributed by atoms with Crippen molar-refractivity contribution in [2.45, 2.75) is 49.6 Å². The number of methoxy groups -OCH3 is 1. The number of hydrogen-bond donors (Lipinski definition) is 3.